The molecule has 2 aromatic carbocycles. The maximum atomic E-state index is 12.5. The number of aryl methyl sites for hydroxylation is 1. The number of hydrogen-bond donors (Lipinski definition) is 0. The van der Waals surface area contributed by atoms with Gasteiger partial charge in [0.05, 0.1) is 11.3 Å². The van der Waals surface area contributed by atoms with Crippen LogP contribution in [0.25, 0.3) is 10.3 Å². The molecule has 0 aliphatic rings. The molecule has 4 aromatic rings. The van der Waals surface area contributed by atoms with E-state index in [9.17, 15) is 9.59 Å². The summed E-state index contributed by atoms with van der Waals surface area (Å²) >= 11 is 1.41. The Bertz CT molecular complexity index is 1170. The molecule has 5 heteroatoms. The number of thiophene rings is 1. The van der Waals surface area contributed by atoms with Crippen molar-refractivity contribution in [2.45, 2.75) is 19.8 Å². The van der Waals surface area contributed by atoms with Crippen molar-refractivity contribution in [3.63, 3.8) is 0 Å². The predicted molar refractivity (Wildman–Crippen MR) is 107 cm³/mol. The molecule has 0 aliphatic heterocycles. The summed E-state index contributed by atoms with van der Waals surface area (Å²) < 4.78 is 5.87. The lowest BCUT2D eigenvalue weighted by atomic mass is 9.97. The molecule has 0 saturated heterocycles. The Hall–Kier alpha value is -3.05. The van der Waals surface area contributed by atoms with Gasteiger partial charge in [-0.2, -0.15) is 4.98 Å². The van der Waals surface area contributed by atoms with Crippen LogP contribution in [0.15, 0.2) is 69.2 Å². The third-order valence-corrected chi connectivity index (χ3v) is 5.62. The van der Waals surface area contributed by atoms with Crippen LogP contribution in [0.5, 0.6) is 0 Å². The summed E-state index contributed by atoms with van der Waals surface area (Å²) in [5.74, 6) is 0.178. The molecule has 2 heterocycles. The number of benzene rings is 2. The molecule has 0 amide bonds. The molecule has 0 fully saturated rings. The van der Waals surface area contributed by atoms with Crippen LogP contribution < -0.4 is 5.56 Å². The van der Waals surface area contributed by atoms with Crippen LogP contribution in [-0.4, -0.2) is 10.8 Å². The second-order valence-corrected chi connectivity index (χ2v) is 7.32. The van der Waals surface area contributed by atoms with Crippen LogP contribution in [0.3, 0.4) is 0 Å². The highest BCUT2D eigenvalue weighted by Crippen LogP contribution is 2.28. The number of carbonyl (C=O) groups is 1. The molecule has 4 rings (SSSR count). The van der Waals surface area contributed by atoms with Gasteiger partial charge < -0.3 is 4.42 Å². The lowest BCUT2D eigenvalue weighted by molar-refractivity contribution is 0.103. The highest BCUT2D eigenvalue weighted by molar-refractivity contribution is 7.16. The smallest absolute Gasteiger partial charge is 0.284 e. The Morgan fingerprint density at radius 1 is 1.04 bits per heavy atom. The Morgan fingerprint density at radius 2 is 1.70 bits per heavy atom. The van der Waals surface area contributed by atoms with Crippen molar-refractivity contribution in [2.24, 2.45) is 0 Å². The summed E-state index contributed by atoms with van der Waals surface area (Å²) in [4.78, 5) is 29.6. The first-order chi connectivity index (χ1) is 13.0. The summed E-state index contributed by atoms with van der Waals surface area (Å²) in [5.41, 5.74) is 2.84. The highest BCUT2D eigenvalue weighted by Gasteiger charge is 2.18. The summed E-state index contributed by atoms with van der Waals surface area (Å²) in [6.45, 7) is 3.81. The molecule has 0 radical (unpaired) electrons. The zero-order valence-corrected chi connectivity index (χ0v) is 15.7. The topological polar surface area (TPSA) is 60.2 Å². The molecule has 0 N–H and O–H groups in total. The van der Waals surface area contributed by atoms with Gasteiger partial charge in [0.15, 0.2) is 10.7 Å². The number of hydrogen-bond acceptors (Lipinski definition) is 5. The zero-order chi connectivity index (χ0) is 19.0. The third-order valence-electron chi connectivity index (χ3n) is 4.64. The van der Waals surface area contributed by atoms with Gasteiger partial charge in [-0.25, -0.2) is 0 Å². The second kappa shape index (κ2) is 6.93. The van der Waals surface area contributed by atoms with Crippen molar-refractivity contribution in [1.29, 1.82) is 0 Å². The van der Waals surface area contributed by atoms with Crippen LogP contribution in [-0.2, 0) is 0 Å². The Kier molecular flexibility index (Phi) is 4.46. The minimum atomic E-state index is -0.257. The number of carbonyl (C=O) groups excluding carboxylic acids is 1. The molecule has 0 saturated carbocycles. The first-order valence-electron chi connectivity index (χ1n) is 8.63. The molecule has 4 nitrogen and oxygen atoms in total. The fourth-order valence-electron chi connectivity index (χ4n) is 3.03. The Balaban J connectivity index is 1.64. The van der Waals surface area contributed by atoms with Gasteiger partial charge in [-0.1, -0.05) is 54.6 Å². The molecule has 1 unspecified atom stereocenters. The number of rotatable bonds is 4. The zero-order valence-electron chi connectivity index (χ0n) is 14.9. The predicted octanol–water partition coefficient (Wildman–Crippen LogP) is 4.94. The molecule has 0 bridgehead atoms. The summed E-state index contributed by atoms with van der Waals surface area (Å²) in [6.07, 6.45) is 0. The van der Waals surface area contributed by atoms with Crippen LogP contribution in [0.4, 0.5) is 0 Å². The summed E-state index contributed by atoms with van der Waals surface area (Å²) in [6, 6.07) is 16.5. The lowest BCUT2D eigenvalue weighted by Gasteiger charge is -2.10. The van der Waals surface area contributed by atoms with E-state index < -0.39 is 0 Å². The molecule has 134 valence electrons. The largest absolute Gasteiger partial charge is 0.431 e. The van der Waals surface area contributed by atoms with Gasteiger partial charge in [0, 0.05) is 11.1 Å². The Labute approximate surface area is 160 Å². The van der Waals surface area contributed by atoms with Gasteiger partial charge in [-0.05, 0) is 30.4 Å². The summed E-state index contributed by atoms with van der Waals surface area (Å²) in [5, 5.41) is 2.45. The monoisotopic (exact) mass is 375 g/mol. The highest BCUT2D eigenvalue weighted by atomic mass is 32.1. The van der Waals surface area contributed by atoms with Crippen molar-refractivity contribution in [1.82, 2.24) is 4.98 Å². The van der Waals surface area contributed by atoms with E-state index in [1.54, 1.807) is 24.3 Å². The molecule has 27 heavy (non-hydrogen) atoms. The van der Waals surface area contributed by atoms with E-state index in [2.05, 4.69) is 4.98 Å². The van der Waals surface area contributed by atoms with Crippen LogP contribution in [0, 0.1) is 6.92 Å². The fraction of sp³-hybridized carbons (Fsp3) is 0.136. The quantitative estimate of drug-likeness (QED) is 0.474. The molecule has 2 aromatic heterocycles. The molecular weight excluding hydrogens is 358 g/mol. The van der Waals surface area contributed by atoms with Gasteiger partial charge >= 0.3 is 0 Å². The van der Waals surface area contributed by atoms with E-state index in [-0.39, 0.29) is 17.3 Å². The van der Waals surface area contributed by atoms with Gasteiger partial charge in [-0.3, -0.25) is 9.59 Å². The van der Waals surface area contributed by atoms with E-state index in [1.807, 2.05) is 49.6 Å². The van der Waals surface area contributed by atoms with Crippen molar-refractivity contribution < 1.29 is 9.21 Å². The first kappa shape index (κ1) is 17.4. The van der Waals surface area contributed by atoms with Gasteiger partial charge in [-0.15, -0.1) is 11.3 Å². The SMILES string of the molecule is Cc1csc2oc(C(C)c3ccc(C(=O)c4ccccc4)cc3)nc(=O)c12. The van der Waals surface area contributed by atoms with E-state index in [1.165, 1.54) is 11.3 Å². The molecule has 1 atom stereocenters. The summed E-state index contributed by atoms with van der Waals surface area (Å²) in [7, 11) is 0. The van der Waals surface area contributed by atoms with Crippen LogP contribution in [0.2, 0.25) is 0 Å². The maximum absolute atomic E-state index is 12.5. The molecule has 0 spiro atoms. The standard InChI is InChI=1S/C22H17NO3S/c1-13-12-27-22-18(13)20(25)23-21(26-22)14(2)15-8-10-17(11-9-15)19(24)16-6-4-3-5-7-16/h3-12,14H,1-2H3. The minimum Gasteiger partial charge on any atom is -0.431 e. The number of ketones is 1. The number of nitrogens with zero attached hydrogens (tertiary/aromatic N) is 1. The number of aromatic nitrogens is 1. The maximum Gasteiger partial charge on any atom is 0.284 e. The van der Waals surface area contributed by atoms with Crippen LogP contribution >= 0.6 is 11.3 Å². The van der Waals surface area contributed by atoms with Crippen LogP contribution in [0.1, 0.15) is 45.8 Å². The van der Waals surface area contributed by atoms with E-state index in [4.69, 9.17) is 4.42 Å². The fourth-order valence-corrected chi connectivity index (χ4v) is 3.93. The van der Waals surface area contributed by atoms with E-state index in [0.29, 0.717) is 27.3 Å². The lowest BCUT2D eigenvalue weighted by Crippen LogP contribution is -2.11. The second-order valence-electron chi connectivity index (χ2n) is 6.48. The minimum absolute atomic E-state index is 0.0186. The Morgan fingerprint density at radius 3 is 2.41 bits per heavy atom. The average molecular weight is 375 g/mol. The molecule has 0 aliphatic carbocycles. The van der Waals surface area contributed by atoms with Crippen molar-refractivity contribution >= 4 is 27.4 Å². The number of fused-ring (bicyclic) bond motifs is 1. The van der Waals surface area contributed by atoms with E-state index in [0.717, 1.165) is 11.1 Å². The molecular formula is C22H17NO3S. The van der Waals surface area contributed by atoms with E-state index >= 15 is 0 Å². The van der Waals surface area contributed by atoms with Gasteiger partial charge in [0.25, 0.3) is 5.56 Å². The van der Waals surface area contributed by atoms with Crippen molar-refractivity contribution in [3.8, 4) is 0 Å². The third kappa shape index (κ3) is 3.22. The average Bonchev–Trinajstić information content (AvgIpc) is 3.09. The van der Waals surface area contributed by atoms with Crippen molar-refractivity contribution in [3.05, 3.63) is 98.5 Å². The van der Waals surface area contributed by atoms with Crippen molar-refractivity contribution in [2.75, 3.05) is 0 Å². The normalized spacial score (nSPS) is 12.2. The first-order valence-corrected chi connectivity index (χ1v) is 9.51. The van der Waals surface area contributed by atoms with Gasteiger partial charge in [0.1, 0.15) is 0 Å². The van der Waals surface area contributed by atoms with Gasteiger partial charge in [0.2, 0.25) is 5.89 Å².